The van der Waals surface area contributed by atoms with Crippen molar-refractivity contribution in [3.05, 3.63) is 42.5 Å². The molecule has 1 aromatic carbocycles. The van der Waals surface area contributed by atoms with Crippen molar-refractivity contribution in [1.82, 2.24) is 20.9 Å². The monoisotopic (exact) mass is 627 g/mol. The van der Waals surface area contributed by atoms with Crippen LogP contribution in [-0.2, 0) is 19.2 Å². The lowest BCUT2D eigenvalue weighted by Gasteiger charge is -2.36. The van der Waals surface area contributed by atoms with E-state index < -0.39 is 53.1 Å². The largest absolute Gasteiger partial charge is 0.363 e. The number of amides is 5. The first kappa shape index (κ1) is 39.3. The summed E-state index contributed by atoms with van der Waals surface area (Å²) in [5, 5.41) is 8.27. The summed E-state index contributed by atoms with van der Waals surface area (Å²) in [4.78, 5) is 64.2. The van der Waals surface area contributed by atoms with E-state index in [0.29, 0.717) is 19.4 Å². The molecule has 2 fully saturated rings. The Balaban J connectivity index is 0.00000129. The Bertz CT molecular complexity index is 1160. The van der Waals surface area contributed by atoms with E-state index in [-0.39, 0.29) is 12.0 Å². The van der Waals surface area contributed by atoms with Crippen LogP contribution in [0.4, 0.5) is 4.79 Å². The zero-order valence-electron chi connectivity index (χ0n) is 28.9. The SMILES string of the molecule is C=C(c1ccccc1)C(NC(=O)NC(C(=O)N1CCC[C@H]1C(=O)NC(C)C(=O)C(N)=O)C(C)(C)C)C(C)C.CC.CC1CCC1. The molecule has 0 spiro atoms. The number of hydrogen-bond acceptors (Lipinski definition) is 5. The van der Waals surface area contributed by atoms with Crippen LogP contribution in [0.2, 0.25) is 0 Å². The highest BCUT2D eigenvalue weighted by atomic mass is 16.2. The van der Waals surface area contributed by atoms with Gasteiger partial charge >= 0.3 is 6.03 Å². The number of ketones is 1. The number of likely N-dealkylation sites (tertiary alicyclic amines) is 1. The van der Waals surface area contributed by atoms with Crippen LogP contribution in [0.5, 0.6) is 0 Å². The van der Waals surface area contributed by atoms with Crippen molar-refractivity contribution >= 4 is 35.1 Å². The molecule has 10 nitrogen and oxygen atoms in total. The van der Waals surface area contributed by atoms with Gasteiger partial charge in [0.15, 0.2) is 0 Å². The van der Waals surface area contributed by atoms with Crippen LogP contribution >= 0.6 is 0 Å². The van der Waals surface area contributed by atoms with Crippen LogP contribution in [0, 0.1) is 17.3 Å². The van der Waals surface area contributed by atoms with Crippen LogP contribution < -0.4 is 21.7 Å². The maximum absolute atomic E-state index is 13.7. The molecule has 3 unspecified atom stereocenters. The minimum atomic E-state index is -1.14. The molecule has 1 saturated carbocycles. The molecule has 5 amide bonds. The zero-order valence-corrected chi connectivity index (χ0v) is 28.9. The molecule has 10 heteroatoms. The van der Waals surface area contributed by atoms with E-state index in [1.807, 2.05) is 78.8 Å². The van der Waals surface area contributed by atoms with E-state index in [9.17, 15) is 24.0 Å². The van der Waals surface area contributed by atoms with Crippen molar-refractivity contribution in [2.75, 3.05) is 6.54 Å². The minimum Gasteiger partial charge on any atom is -0.363 e. The Hall–Kier alpha value is -3.69. The summed E-state index contributed by atoms with van der Waals surface area (Å²) in [5.41, 5.74) is 6.02. The molecule has 0 bridgehead atoms. The number of primary amides is 1. The summed E-state index contributed by atoms with van der Waals surface area (Å²) in [5.74, 6) is -1.91. The van der Waals surface area contributed by atoms with E-state index in [2.05, 4.69) is 29.5 Å². The molecule has 1 heterocycles. The first-order chi connectivity index (χ1) is 21.0. The van der Waals surface area contributed by atoms with Gasteiger partial charge in [-0.05, 0) is 48.2 Å². The number of nitrogens with one attached hydrogen (secondary N) is 3. The predicted molar refractivity (Wildman–Crippen MR) is 180 cm³/mol. The maximum Gasteiger partial charge on any atom is 0.315 e. The smallest absolute Gasteiger partial charge is 0.315 e. The molecule has 1 aliphatic heterocycles. The topological polar surface area (TPSA) is 151 Å². The summed E-state index contributed by atoms with van der Waals surface area (Å²) >= 11 is 0. The highest BCUT2D eigenvalue weighted by Crippen LogP contribution is 2.27. The molecule has 1 aliphatic carbocycles. The van der Waals surface area contributed by atoms with Gasteiger partial charge in [-0.15, -0.1) is 0 Å². The lowest BCUT2D eigenvalue weighted by molar-refractivity contribution is -0.143. The van der Waals surface area contributed by atoms with Gasteiger partial charge in [0.2, 0.25) is 17.6 Å². The van der Waals surface area contributed by atoms with Gasteiger partial charge < -0.3 is 26.6 Å². The Morgan fingerprint density at radius 3 is 1.91 bits per heavy atom. The quantitative estimate of drug-likeness (QED) is 0.274. The number of Topliss-reactive ketones (excluding diaryl/α,β-unsaturated/α-hetero) is 1. The number of nitrogens with two attached hydrogens (primary N) is 1. The van der Waals surface area contributed by atoms with Gasteiger partial charge in [0.1, 0.15) is 12.1 Å². The van der Waals surface area contributed by atoms with Gasteiger partial charge in [-0.3, -0.25) is 19.2 Å². The van der Waals surface area contributed by atoms with Crippen LogP contribution in [0.15, 0.2) is 36.9 Å². The number of nitrogens with zero attached hydrogens (tertiary/aromatic N) is 1. The predicted octanol–water partition coefficient (Wildman–Crippen LogP) is 4.82. The standard InChI is InChI=1S/C28H41N5O5.C5H10.C2H6/c1-16(2)21(17(3)19-12-9-8-10-13-19)31-27(38)32-23(28(5,6)7)26(37)33-15-11-14-20(33)25(36)30-18(4)22(34)24(29)35;1-5-3-2-4-5;1-2/h8-10,12-13,16,18,20-21,23H,3,11,14-15H2,1-2,4-7H3,(H2,29,35)(H,30,36)(H2,31,32,38);5H,2-4H2,1H3;1-2H3/t18?,20-,21?,23?;;/m0../s1. The summed E-state index contributed by atoms with van der Waals surface area (Å²) in [6, 6.07) is 5.80. The van der Waals surface area contributed by atoms with Crippen LogP contribution in [0.25, 0.3) is 5.57 Å². The van der Waals surface area contributed by atoms with Crippen LogP contribution in [-0.4, -0.2) is 65.1 Å². The van der Waals surface area contributed by atoms with Crippen LogP contribution in [0.3, 0.4) is 0 Å². The number of hydrogen-bond donors (Lipinski definition) is 4. The van der Waals surface area contributed by atoms with Gasteiger partial charge in [-0.25, -0.2) is 4.79 Å². The highest BCUT2D eigenvalue weighted by molar-refractivity contribution is 6.37. The fourth-order valence-corrected chi connectivity index (χ4v) is 5.12. The Morgan fingerprint density at radius 2 is 1.47 bits per heavy atom. The van der Waals surface area contributed by atoms with Gasteiger partial charge in [-0.2, -0.15) is 0 Å². The first-order valence-electron chi connectivity index (χ1n) is 16.3. The van der Waals surface area contributed by atoms with Crippen LogP contribution in [0.1, 0.15) is 100.0 Å². The molecule has 4 atom stereocenters. The van der Waals surface area contributed by atoms with Crippen molar-refractivity contribution in [1.29, 1.82) is 0 Å². The summed E-state index contributed by atoms with van der Waals surface area (Å²) in [6.45, 7) is 21.6. The number of rotatable bonds is 10. The summed E-state index contributed by atoms with van der Waals surface area (Å²) in [6.07, 6.45) is 5.43. The normalized spacial score (nSPS) is 18.0. The molecule has 0 radical (unpaired) electrons. The number of urea groups is 1. The van der Waals surface area contributed by atoms with E-state index in [1.165, 1.54) is 31.1 Å². The molecule has 5 N–H and O–H groups in total. The molecule has 3 rings (SSSR count). The number of carbonyl (C=O) groups is 5. The first-order valence-corrected chi connectivity index (χ1v) is 16.3. The lowest BCUT2D eigenvalue weighted by atomic mass is 9.85. The second-order valence-electron chi connectivity index (χ2n) is 13.2. The second kappa shape index (κ2) is 18.3. The molecule has 45 heavy (non-hydrogen) atoms. The Kier molecular flexibility index (Phi) is 16.0. The third kappa shape index (κ3) is 12.0. The van der Waals surface area contributed by atoms with Gasteiger partial charge in [0.25, 0.3) is 5.91 Å². The fourth-order valence-electron chi connectivity index (χ4n) is 5.12. The van der Waals surface area contributed by atoms with E-state index in [0.717, 1.165) is 17.1 Å². The molecular weight excluding hydrogens is 570 g/mol. The average molecular weight is 628 g/mol. The third-order valence-electron chi connectivity index (χ3n) is 8.09. The number of benzene rings is 1. The minimum absolute atomic E-state index is 0.0361. The van der Waals surface area contributed by atoms with E-state index in [4.69, 9.17) is 5.73 Å². The molecular formula is C35H57N5O5. The Morgan fingerprint density at radius 1 is 0.911 bits per heavy atom. The fraction of sp³-hybridized carbons (Fsp3) is 0.629. The van der Waals surface area contributed by atoms with Crippen molar-refractivity contribution in [2.24, 2.45) is 23.0 Å². The van der Waals surface area contributed by atoms with Crippen molar-refractivity contribution < 1.29 is 24.0 Å². The van der Waals surface area contributed by atoms with E-state index in [1.54, 1.807) is 0 Å². The third-order valence-corrected chi connectivity index (χ3v) is 8.09. The molecule has 2 aliphatic rings. The average Bonchev–Trinajstić information content (AvgIpc) is 3.48. The second-order valence-corrected chi connectivity index (χ2v) is 13.2. The maximum atomic E-state index is 13.7. The summed E-state index contributed by atoms with van der Waals surface area (Å²) in [7, 11) is 0. The lowest BCUT2D eigenvalue weighted by Crippen LogP contribution is -2.60. The van der Waals surface area contributed by atoms with Gasteiger partial charge in [0.05, 0.1) is 12.1 Å². The number of carbonyl (C=O) groups excluding carboxylic acids is 5. The highest BCUT2D eigenvalue weighted by Gasteiger charge is 2.42. The van der Waals surface area contributed by atoms with Crippen molar-refractivity contribution in [3.63, 3.8) is 0 Å². The molecule has 0 aromatic heterocycles. The zero-order chi connectivity index (χ0) is 34.5. The Labute approximate surface area is 270 Å². The van der Waals surface area contributed by atoms with E-state index >= 15 is 0 Å². The van der Waals surface area contributed by atoms with Gasteiger partial charge in [-0.1, -0.05) is 112 Å². The molecule has 252 valence electrons. The molecule has 1 aromatic rings. The van der Waals surface area contributed by atoms with Crippen molar-refractivity contribution in [2.45, 2.75) is 119 Å². The van der Waals surface area contributed by atoms with Crippen molar-refractivity contribution in [3.8, 4) is 0 Å². The molecule has 1 saturated heterocycles. The van der Waals surface area contributed by atoms with Gasteiger partial charge in [0, 0.05) is 6.54 Å². The summed E-state index contributed by atoms with van der Waals surface area (Å²) < 4.78 is 0.